The normalized spacial score (nSPS) is 18.0. The number of nitrogens with one attached hydrogen (secondary N) is 1. The second-order valence-electron chi connectivity index (χ2n) is 25.4. The van der Waals surface area contributed by atoms with Crippen LogP contribution in [0.5, 0.6) is 80.5 Å². The molecule has 0 aromatic heterocycles. The second kappa shape index (κ2) is 36.8. The minimum atomic E-state index is -1.11. The average molecular weight is 1560 g/mol. The molecule has 0 aliphatic carbocycles. The van der Waals surface area contributed by atoms with Gasteiger partial charge in [-0.05, 0) is 159 Å². The smallest absolute Gasteiger partial charge is 0.328 e. The van der Waals surface area contributed by atoms with Crippen molar-refractivity contribution >= 4 is 66.2 Å². The van der Waals surface area contributed by atoms with E-state index in [1.54, 1.807) is 105 Å². The number of ether oxygens (including phenoxy) is 17. The largest absolute Gasteiger partial charge is 0.493 e. The van der Waals surface area contributed by atoms with Crippen molar-refractivity contribution in [1.29, 1.82) is 0 Å². The molecule has 0 spiro atoms. The highest BCUT2D eigenvalue weighted by Crippen LogP contribution is 2.55. The molecule has 7 atom stereocenters. The quantitative estimate of drug-likeness (QED) is 0.0305. The summed E-state index contributed by atoms with van der Waals surface area (Å²) in [6.07, 6.45) is 4.47. The van der Waals surface area contributed by atoms with Crippen LogP contribution in [0.3, 0.4) is 0 Å². The summed E-state index contributed by atoms with van der Waals surface area (Å²) >= 11 is 0. The lowest BCUT2D eigenvalue weighted by Crippen LogP contribution is -2.51. The first kappa shape index (κ1) is 82.8. The molecule has 111 heavy (non-hydrogen) atoms. The van der Waals surface area contributed by atoms with Crippen LogP contribution < -0.4 is 71.6 Å². The van der Waals surface area contributed by atoms with Crippen molar-refractivity contribution in [3.05, 3.63) is 176 Å². The van der Waals surface area contributed by atoms with Gasteiger partial charge in [-0.15, -0.1) is 12.4 Å². The van der Waals surface area contributed by atoms with E-state index in [0.717, 1.165) is 39.5 Å². The van der Waals surface area contributed by atoms with Crippen molar-refractivity contribution in [1.82, 2.24) is 15.1 Å². The summed E-state index contributed by atoms with van der Waals surface area (Å²) in [4.78, 5) is 93.5. The molecular weight excluding hydrogens is 1470 g/mol. The maximum atomic E-state index is 15.4. The third-order valence-electron chi connectivity index (χ3n) is 19.6. The molecule has 5 aliphatic heterocycles. The van der Waals surface area contributed by atoms with Gasteiger partial charge in [-0.25, -0.2) is 14.4 Å². The van der Waals surface area contributed by atoms with Crippen LogP contribution >= 0.6 is 12.4 Å². The third-order valence-corrected chi connectivity index (χ3v) is 19.6. The van der Waals surface area contributed by atoms with Crippen LogP contribution in [0.2, 0.25) is 0 Å². The van der Waals surface area contributed by atoms with E-state index < -0.39 is 71.8 Å². The number of methoxy groups -OCH3 is 15. The van der Waals surface area contributed by atoms with Gasteiger partial charge in [0.1, 0.15) is 42.2 Å². The van der Waals surface area contributed by atoms with Gasteiger partial charge in [-0.2, -0.15) is 0 Å². The van der Waals surface area contributed by atoms with Gasteiger partial charge in [0.05, 0.1) is 107 Å². The predicted molar refractivity (Wildman–Crippen MR) is 403 cm³/mol. The number of hydrogen-bond acceptors (Lipinski definition) is 25. The van der Waals surface area contributed by atoms with E-state index in [0.29, 0.717) is 127 Å². The molecule has 12 rings (SSSR count). The van der Waals surface area contributed by atoms with E-state index >= 15 is 4.79 Å². The second-order valence-corrected chi connectivity index (χ2v) is 25.4. The van der Waals surface area contributed by atoms with Gasteiger partial charge < -0.3 is 106 Å². The number of carboxylic acid groups (broad SMARTS) is 2. The van der Waals surface area contributed by atoms with Crippen LogP contribution in [0.4, 0.5) is 0 Å². The molecule has 0 saturated heterocycles. The maximum absolute atomic E-state index is 15.4. The Morgan fingerprint density at radius 1 is 0.396 bits per heavy atom. The Hall–Kier alpha value is -12.2. The van der Waals surface area contributed by atoms with Gasteiger partial charge in [0, 0.05) is 55.8 Å². The molecule has 0 saturated carbocycles. The molecule has 7 aromatic carbocycles. The summed E-state index contributed by atoms with van der Waals surface area (Å²) in [7, 11) is 22.2. The van der Waals surface area contributed by atoms with Crippen LogP contribution in [0.15, 0.2) is 109 Å². The zero-order valence-electron chi connectivity index (χ0n) is 63.8. The number of carboxylic acids is 2. The predicted octanol–water partition coefficient (Wildman–Crippen LogP) is 9.66. The van der Waals surface area contributed by atoms with E-state index in [1.165, 1.54) is 114 Å². The number of benzene rings is 7. The van der Waals surface area contributed by atoms with Crippen LogP contribution in [0.25, 0.3) is 12.2 Å². The molecule has 0 fully saturated rings. The average Bonchev–Trinajstić information content (AvgIpc) is 1.64. The van der Waals surface area contributed by atoms with E-state index in [2.05, 4.69) is 5.32 Å². The molecule has 29 nitrogen and oxygen atoms in total. The number of nitrogens with zero attached hydrogens (tertiary/aromatic N) is 2. The van der Waals surface area contributed by atoms with Gasteiger partial charge in [0.15, 0.2) is 80.5 Å². The van der Waals surface area contributed by atoms with Crippen LogP contribution in [-0.2, 0) is 86.7 Å². The first-order chi connectivity index (χ1) is 53.0. The zero-order valence-corrected chi connectivity index (χ0v) is 64.6. The molecule has 590 valence electrons. The molecule has 5 heterocycles. The Morgan fingerprint density at radius 2 is 0.757 bits per heavy atom. The van der Waals surface area contributed by atoms with Crippen molar-refractivity contribution < 1.29 is 124 Å². The van der Waals surface area contributed by atoms with Gasteiger partial charge in [-0.1, -0.05) is 12.1 Å². The minimum Gasteiger partial charge on any atom is -0.493 e. The highest BCUT2D eigenvalue weighted by atomic mass is 35.5. The van der Waals surface area contributed by atoms with Crippen molar-refractivity contribution in [2.24, 2.45) is 0 Å². The fraction of sp³-hybridized carbons (Fsp3) is 0.346. The number of hydrogen-bond donors (Lipinski definition) is 3. The molecule has 30 heteroatoms. The number of carbonyl (C=O) groups is 7. The van der Waals surface area contributed by atoms with Crippen molar-refractivity contribution in [3.8, 4) is 80.5 Å². The summed E-state index contributed by atoms with van der Waals surface area (Å²) in [5.74, 6) is -0.114. The number of fused-ring (bicyclic) bond motifs is 5. The number of halogens is 1. The molecule has 7 unspecified atom stereocenters. The van der Waals surface area contributed by atoms with E-state index in [1.807, 2.05) is 12.1 Å². The summed E-state index contributed by atoms with van der Waals surface area (Å²) in [6.45, 7) is 0.765. The summed E-state index contributed by atoms with van der Waals surface area (Å²) < 4.78 is 93.4. The summed E-state index contributed by atoms with van der Waals surface area (Å²) in [5, 5.41) is 21.9. The summed E-state index contributed by atoms with van der Waals surface area (Å²) in [5.41, 5.74) is 8.41. The third kappa shape index (κ3) is 17.4. The Morgan fingerprint density at radius 3 is 1.16 bits per heavy atom. The molecule has 5 aliphatic rings. The fourth-order valence-corrected chi connectivity index (χ4v) is 14.1. The molecule has 7 aromatic rings. The standard InChI is InChI=1S/C47H50N2O14.C21H20O8.C13H17NO4.ClH/c1-54-34-12-11-26(18-35(34)55-2)43-42(45(51)49-24-30-22-39(59-6)37(57-4)20-28(30)17-33(49)47(53)62-9)31-14-25(15-40(60-7)44(31)63-43)10-13-41(50)48-23-29-21-38(58-5)36(56-3)19-27(29)16-32(48)46(52)61-8;1-26-14-6-5-12(10-15(14)27-2)19-18(21(24)25)13-8-11(4-7-17(22)23)9-16(28-3)20(13)29-19;1-16-11-5-8-4-10(13(15)18-3)14-7-9(8)6-12(11)17-2;/h10-15,18-22,32-33,42-43H,16-17,23-24H2,1-9H3;4-10,18-19H,1-3H3,(H,22,23)(H,24,25);5-6,10,14H,4,7H2,1-3H3;1H/b13-10+;7-4+;;. The Labute approximate surface area is 646 Å². The molecule has 0 radical (unpaired) electrons. The molecule has 3 N–H and O–H groups in total. The number of carbonyl (C=O) groups excluding carboxylic acids is 5. The number of rotatable bonds is 23. The van der Waals surface area contributed by atoms with Gasteiger partial charge in [-0.3, -0.25) is 19.2 Å². The van der Waals surface area contributed by atoms with Gasteiger partial charge in [0.25, 0.3) is 0 Å². The topological polar surface area (TPSA) is 335 Å². The van der Waals surface area contributed by atoms with Crippen LogP contribution in [-0.4, -0.2) is 186 Å². The minimum absolute atomic E-state index is 0. The monoisotopic (exact) mass is 1550 g/mol. The number of aliphatic carboxylic acids is 2. The highest BCUT2D eigenvalue weighted by Gasteiger charge is 2.49. The Kier molecular flexibility index (Phi) is 27.4. The van der Waals surface area contributed by atoms with Crippen LogP contribution in [0, 0.1) is 0 Å². The van der Waals surface area contributed by atoms with Gasteiger partial charge >= 0.3 is 29.8 Å². The van der Waals surface area contributed by atoms with Crippen LogP contribution in [0.1, 0.15) is 90.8 Å². The Bertz CT molecular complexity index is 4710. The van der Waals surface area contributed by atoms with E-state index in [9.17, 15) is 33.9 Å². The number of esters is 3. The van der Waals surface area contributed by atoms with E-state index in [-0.39, 0.29) is 50.3 Å². The van der Waals surface area contributed by atoms with Crippen molar-refractivity contribution in [2.75, 3.05) is 107 Å². The zero-order chi connectivity index (χ0) is 79.4. The lowest BCUT2D eigenvalue weighted by Gasteiger charge is -2.37. The first-order valence-corrected chi connectivity index (χ1v) is 34.4. The molecular formula is C81H88ClN3O26. The van der Waals surface area contributed by atoms with Crippen molar-refractivity contribution in [3.63, 3.8) is 0 Å². The first-order valence-electron chi connectivity index (χ1n) is 34.4. The SMILES string of the molecule is COC(=O)C1Cc2cc(OC)c(OC)cc2CN1.COC(=O)C1Cc2cc(OC)c(OC)cc2CN1C(=O)/C=C/c1cc(OC)c2c(c1)C(C(=O)N1Cc3cc(OC)c(OC)cc3CC1C(=O)OC)C(c1ccc(OC)c(OC)c1)O2.COc1ccc(C2Oc3c(OC)cc(/C=C/C(=O)O)cc3C2C(=O)O)cc1OC.Cl. The molecule has 0 bridgehead atoms. The van der Waals surface area contributed by atoms with Crippen molar-refractivity contribution in [2.45, 2.75) is 81.1 Å². The molecule has 2 amide bonds. The lowest BCUT2D eigenvalue weighted by atomic mass is 9.86. The van der Waals surface area contributed by atoms with E-state index in [4.69, 9.17) is 85.6 Å². The van der Waals surface area contributed by atoms with Gasteiger partial charge in [0.2, 0.25) is 11.8 Å². The lowest BCUT2D eigenvalue weighted by molar-refractivity contribution is -0.155. The Balaban J connectivity index is 0.000000240. The summed E-state index contributed by atoms with van der Waals surface area (Å²) in [6, 6.07) is 25.8. The fourth-order valence-electron chi connectivity index (χ4n) is 14.1. The highest BCUT2D eigenvalue weighted by molar-refractivity contribution is 5.96. The maximum Gasteiger partial charge on any atom is 0.328 e. The number of amides is 2.